The Morgan fingerprint density at radius 2 is 2.17 bits per heavy atom. The number of hydrogen-bond acceptors (Lipinski definition) is 3. The van der Waals surface area contributed by atoms with Gasteiger partial charge in [-0.25, -0.2) is 4.79 Å². The first-order valence-corrected chi connectivity index (χ1v) is 6.12. The van der Waals surface area contributed by atoms with Gasteiger partial charge >= 0.3 is 6.03 Å². The van der Waals surface area contributed by atoms with Gasteiger partial charge in [0.25, 0.3) is 0 Å². The predicted octanol–water partition coefficient (Wildman–Crippen LogP) is 2.60. The van der Waals surface area contributed by atoms with Crippen LogP contribution in [0.5, 0.6) is 0 Å². The summed E-state index contributed by atoms with van der Waals surface area (Å²) in [5.41, 5.74) is 0.903. The van der Waals surface area contributed by atoms with Gasteiger partial charge in [0.05, 0.1) is 5.56 Å². The Morgan fingerprint density at radius 1 is 1.50 bits per heavy atom. The van der Waals surface area contributed by atoms with E-state index in [4.69, 9.17) is 16.9 Å². The summed E-state index contributed by atoms with van der Waals surface area (Å²) in [5.74, 6) is -0.582. The van der Waals surface area contributed by atoms with Gasteiger partial charge in [-0.05, 0) is 41.1 Å². The maximum Gasteiger partial charge on any atom is 0.325 e. The summed E-state index contributed by atoms with van der Waals surface area (Å²) in [6, 6.07) is 5.96. The van der Waals surface area contributed by atoms with Gasteiger partial charge in [0.1, 0.15) is 11.4 Å². The van der Waals surface area contributed by atoms with Crippen LogP contribution in [-0.4, -0.2) is 17.3 Å². The van der Waals surface area contributed by atoms with Gasteiger partial charge in [0.15, 0.2) is 0 Å². The zero-order valence-corrected chi connectivity index (χ0v) is 11.7. The lowest BCUT2D eigenvalue weighted by Crippen LogP contribution is -2.38. The zero-order chi connectivity index (χ0) is 13.7. The molecule has 94 valence electrons. The quantitative estimate of drug-likeness (QED) is 0.818. The maximum absolute atomic E-state index is 11.4. The SMILES string of the molecule is CC(Cl)C(=O)NC(=O)Nc1ccc(C#N)c(Br)c1. The summed E-state index contributed by atoms with van der Waals surface area (Å²) in [5, 5.41) is 12.5. The number of nitrogens with one attached hydrogen (secondary N) is 2. The molecule has 0 aliphatic carbocycles. The van der Waals surface area contributed by atoms with Crippen molar-refractivity contribution in [2.24, 2.45) is 0 Å². The number of urea groups is 1. The summed E-state index contributed by atoms with van der Waals surface area (Å²) in [4.78, 5) is 22.6. The Labute approximate surface area is 117 Å². The number of alkyl halides is 1. The lowest BCUT2D eigenvalue weighted by Gasteiger charge is -2.08. The second kappa shape index (κ2) is 6.38. The molecule has 0 aliphatic rings. The summed E-state index contributed by atoms with van der Waals surface area (Å²) >= 11 is 8.69. The zero-order valence-electron chi connectivity index (χ0n) is 9.33. The Bertz CT molecular complexity index is 526. The van der Waals surface area contributed by atoms with Crippen molar-refractivity contribution in [3.05, 3.63) is 28.2 Å². The van der Waals surface area contributed by atoms with Crippen LogP contribution in [0.3, 0.4) is 0 Å². The smallest absolute Gasteiger partial charge is 0.308 e. The normalized spacial score (nSPS) is 11.2. The first kappa shape index (κ1) is 14.5. The lowest BCUT2D eigenvalue weighted by atomic mass is 10.2. The van der Waals surface area contributed by atoms with Crippen LogP contribution < -0.4 is 10.6 Å². The molecule has 5 nitrogen and oxygen atoms in total. The number of rotatable bonds is 2. The Balaban J connectivity index is 2.69. The second-order valence-corrected chi connectivity index (χ2v) is 4.87. The highest BCUT2D eigenvalue weighted by Crippen LogP contribution is 2.20. The van der Waals surface area contributed by atoms with Crippen LogP contribution in [0.15, 0.2) is 22.7 Å². The number of anilines is 1. The largest absolute Gasteiger partial charge is 0.325 e. The topological polar surface area (TPSA) is 82.0 Å². The van der Waals surface area contributed by atoms with Gasteiger partial charge in [-0.1, -0.05) is 0 Å². The van der Waals surface area contributed by atoms with Gasteiger partial charge in [0.2, 0.25) is 5.91 Å². The average Bonchev–Trinajstić information content (AvgIpc) is 2.28. The Morgan fingerprint density at radius 3 is 2.67 bits per heavy atom. The van der Waals surface area contributed by atoms with Crippen molar-refractivity contribution in [1.82, 2.24) is 5.32 Å². The minimum atomic E-state index is -0.788. The molecule has 1 unspecified atom stereocenters. The summed E-state index contributed by atoms with van der Waals surface area (Å²) in [6.07, 6.45) is 0. The van der Waals surface area contributed by atoms with E-state index in [9.17, 15) is 9.59 Å². The maximum atomic E-state index is 11.4. The number of hydrogen-bond donors (Lipinski definition) is 2. The highest BCUT2D eigenvalue weighted by molar-refractivity contribution is 9.10. The molecule has 18 heavy (non-hydrogen) atoms. The number of nitriles is 1. The second-order valence-electron chi connectivity index (χ2n) is 3.37. The minimum Gasteiger partial charge on any atom is -0.308 e. The molecule has 0 fully saturated rings. The third kappa shape index (κ3) is 4.02. The van der Waals surface area contributed by atoms with Crippen molar-refractivity contribution < 1.29 is 9.59 Å². The van der Waals surface area contributed by atoms with Crippen LogP contribution in [-0.2, 0) is 4.79 Å². The van der Waals surface area contributed by atoms with E-state index in [0.717, 1.165) is 0 Å². The summed E-state index contributed by atoms with van der Waals surface area (Å²) < 4.78 is 0.555. The molecule has 0 aliphatic heterocycles. The fourth-order valence-corrected chi connectivity index (χ4v) is 1.58. The standard InChI is InChI=1S/C11H9BrClN3O2/c1-6(13)10(17)16-11(18)15-8-3-2-7(5-14)9(12)4-8/h2-4,6H,1H3,(H2,15,16,17,18). The third-order valence-electron chi connectivity index (χ3n) is 1.95. The molecule has 7 heteroatoms. The Hall–Kier alpha value is -1.58. The first-order valence-electron chi connectivity index (χ1n) is 4.89. The van der Waals surface area contributed by atoms with Crippen LogP contribution in [0, 0.1) is 11.3 Å². The molecule has 1 aromatic rings. The number of carbonyl (C=O) groups excluding carboxylic acids is 2. The van der Waals surface area contributed by atoms with Crippen molar-refractivity contribution in [2.45, 2.75) is 12.3 Å². The summed E-state index contributed by atoms with van der Waals surface area (Å²) in [6.45, 7) is 1.46. The molecule has 1 atom stereocenters. The number of benzene rings is 1. The highest BCUT2D eigenvalue weighted by Gasteiger charge is 2.13. The van der Waals surface area contributed by atoms with Crippen molar-refractivity contribution in [3.8, 4) is 6.07 Å². The monoisotopic (exact) mass is 329 g/mol. The van der Waals surface area contributed by atoms with E-state index in [1.54, 1.807) is 18.2 Å². The van der Waals surface area contributed by atoms with E-state index in [1.807, 2.05) is 6.07 Å². The molecular formula is C11H9BrClN3O2. The van der Waals surface area contributed by atoms with Crippen molar-refractivity contribution in [2.75, 3.05) is 5.32 Å². The van der Waals surface area contributed by atoms with Gasteiger partial charge < -0.3 is 5.32 Å². The van der Waals surface area contributed by atoms with E-state index < -0.39 is 17.3 Å². The number of amides is 3. The van der Waals surface area contributed by atoms with Crippen molar-refractivity contribution in [3.63, 3.8) is 0 Å². The number of imide groups is 1. The van der Waals surface area contributed by atoms with Crippen LogP contribution in [0.1, 0.15) is 12.5 Å². The van der Waals surface area contributed by atoms with Crippen molar-refractivity contribution >= 4 is 45.2 Å². The van der Waals surface area contributed by atoms with Crippen LogP contribution >= 0.6 is 27.5 Å². The van der Waals surface area contributed by atoms with E-state index in [-0.39, 0.29) is 0 Å². The van der Waals surface area contributed by atoms with Gasteiger partial charge in [0, 0.05) is 10.2 Å². The van der Waals surface area contributed by atoms with Crippen LogP contribution in [0.25, 0.3) is 0 Å². The molecule has 0 bridgehead atoms. The van der Waals surface area contributed by atoms with Gasteiger partial charge in [-0.2, -0.15) is 5.26 Å². The van der Waals surface area contributed by atoms with E-state index in [0.29, 0.717) is 15.7 Å². The third-order valence-corrected chi connectivity index (χ3v) is 2.80. The fourth-order valence-electron chi connectivity index (χ4n) is 1.06. The lowest BCUT2D eigenvalue weighted by molar-refractivity contribution is -0.119. The average molecular weight is 331 g/mol. The number of nitrogens with zero attached hydrogens (tertiary/aromatic N) is 1. The highest BCUT2D eigenvalue weighted by atomic mass is 79.9. The molecule has 1 aromatic carbocycles. The molecule has 0 saturated heterocycles. The molecule has 2 N–H and O–H groups in total. The molecule has 0 aromatic heterocycles. The first-order chi connectivity index (χ1) is 8.43. The van der Waals surface area contributed by atoms with Crippen LogP contribution in [0.4, 0.5) is 10.5 Å². The van der Waals surface area contributed by atoms with Gasteiger partial charge in [-0.15, -0.1) is 11.6 Å². The van der Waals surface area contributed by atoms with E-state index in [1.165, 1.54) is 6.92 Å². The predicted molar refractivity (Wildman–Crippen MR) is 71.3 cm³/mol. The Kier molecular flexibility index (Phi) is 5.13. The molecule has 3 amide bonds. The summed E-state index contributed by atoms with van der Waals surface area (Å²) in [7, 11) is 0. The molecule has 0 radical (unpaired) electrons. The van der Waals surface area contributed by atoms with E-state index in [2.05, 4.69) is 26.6 Å². The molecule has 0 heterocycles. The number of halogens is 2. The molecule has 1 rings (SSSR count). The molecule has 0 saturated carbocycles. The number of carbonyl (C=O) groups is 2. The fraction of sp³-hybridized carbons (Fsp3) is 0.182. The van der Waals surface area contributed by atoms with E-state index >= 15 is 0 Å². The minimum absolute atomic E-state index is 0.450. The van der Waals surface area contributed by atoms with Crippen molar-refractivity contribution in [1.29, 1.82) is 5.26 Å². The molecular weight excluding hydrogens is 321 g/mol. The van der Waals surface area contributed by atoms with Crippen LogP contribution in [0.2, 0.25) is 0 Å². The molecule has 0 spiro atoms. The van der Waals surface area contributed by atoms with Gasteiger partial charge in [-0.3, -0.25) is 10.1 Å².